The summed E-state index contributed by atoms with van der Waals surface area (Å²) in [6.07, 6.45) is 1.61. The van der Waals surface area contributed by atoms with Gasteiger partial charge in [0.25, 0.3) is 5.56 Å². The molecule has 0 atom stereocenters. The first-order valence-electron chi connectivity index (χ1n) is 8.20. The van der Waals surface area contributed by atoms with Gasteiger partial charge in [0.15, 0.2) is 11.5 Å². The minimum atomic E-state index is -0.0345. The van der Waals surface area contributed by atoms with Gasteiger partial charge >= 0.3 is 0 Å². The van der Waals surface area contributed by atoms with E-state index in [9.17, 15) is 4.79 Å². The van der Waals surface area contributed by atoms with Crippen LogP contribution in [-0.2, 0) is 6.54 Å². The Hall–Kier alpha value is -3.12. The molecule has 3 heterocycles. The molecule has 0 N–H and O–H groups in total. The van der Waals surface area contributed by atoms with Crippen molar-refractivity contribution < 1.29 is 9.47 Å². The van der Waals surface area contributed by atoms with E-state index >= 15 is 0 Å². The Morgan fingerprint density at radius 1 is 1.08 bits per heavy atom. The van der Waals surface area contributed by atoms with Gasteiger partial charge in [0.2, 0.25) is 6.79 Å². The van der Waals surface area contributed by atoms with E-state index in [1.807, 2.05) is 53.9 Å². The average molecular weight is 362 g/mol. The van der Waals surface area contributed by atoms with Gasteiger partial charge in [0.05, 0.1) is 18.3 Å². The van der Waals surface area contributed by atoms with Crippen molar-refractivity contribution in [2.24, 2.45) is 0 Å². The molecule has 128 valence electrons. The Bertz CT molecular complexity index is 1160. The molecule has 6 heteroatoms. The summed E-state index contributed by atoms with van der Waals surface area (Å²) in [5.74, 6) is 1.45. The van der Waals surface area contributed by atoms with Crippen molar-refractivity contribution in [1.82, 2.24) is 9.55 Å². The van der Waals surface area contributed by atoms with Crippen LogP contribution in [0.2, 0.25) is 0 Å². The summed E-state index contributed by atoms with van der Waals surface area (Å²) >= 11 is 1.49. The van der Waals surface area contributed by atoms with E-state index in [1.165, 1.54) is 11.3 Å². The maximum absolute atomic E-state index is 13.1. The number of hydrogen-bond acceptors (Lipinski definition) is 5. The summed E-state index contributed by atoms with van der Waals surface area (Å²) in [6.45, 7) is 0.671. The molecule has 0 radical (unpaired) electrons. The maximum Gasteiger partial charge on any atom is 0.263 e. The molecule has 4 aromatic rings. The third kappa shape index (κ3) is 2.46. The third-order valence-corrected chi connectivity index (χ3v) is 5.32. The molecular formula is C20H14N2O3S. The van der Waals surface area contributed by atoms with Crippen LogP contribution in [0.4, 0.5) is 0 Å². The molecule has 0 bridgehead atoms. The summed E-state index contributed by atoms with van der Waals surface area (Å²) in [5.41, 5.74) is 2.89. The average Bonchev–Trinajstić information content (AvgIpc) is 3.31. The molecule has 0 saturated heterocycles. The Kier molecular flexibility index (Phi) is 3.50. The molecule has 26 heavy (non-hydrogen) atoms. The molecule has 0 amide bonds. The van der Waals surface area contributed by atoms with E-state index in [4.69, 9.17) is 9.47 Å². The number of thiophene rings is 1. The van der Waals surface area contributed by atoms with E-state index in [0.29, 0.717) is 17.7 Å². The zero-order valence-corrected chi connectivity index (χ0v) is 14.5. The van der Waals surface area contributed by atoms with E-state index in [2.05, 4.69) is 4.98 Å². The van der Waals surface area contributed by atoms with Crippen LogP contribution in [-0.4, -0.2) is 16.3 Å². The Balaban J connectivity index is 1.59. The van der Waals surface area contributed by atoms with Crippen LogP contribution in [0.5, 0.6) is 11.5 Å². The smallest absolute Gasteiger partial charge is 0.263 e. The maximum atomic E-state index is 13.1. The van der Waals surface area contributed by atoms with Gasteiger partial charge in [0, 0.05) is 10.9 Å². The third-order valence-electron chi connectivity index (χ3n) is 4.44. The number of hydrogen-bond donors (Lipinski definition) is 0. The number of ether oxygens (including phenoxy) is 2. The highest BCUT2D eigenvalue weighted by atomic mass is 32.1. The van der Waals surface area contributed by atoms with Crippen LogP contribution in [0.1, 0.15) is 5.56 Å². The second kappa shape index (κ2) is 6.00. The molecule has 2 aromatic carbocycles. The quantitative estimate of drug-likeness (QED) is 0.555. The molecular weight excluding hydrogens is 348 g/mol. The fourth-order valence-electron chi connectivity index (χ4n) is 3.15. The monoisotopic (exact) mass is 362 g/mol. The Morgan fingerprint density at radius 3 is 2.81 bits per heavy atom. The van der Waals surface area contributed by atoms with Crippen molar-refractivity contribution in [2.75, 3.05) is 6.79 Å². The largest absolute Gasteiger partial charge is 0.454 e. The van der Waals surface area contributed by atoms with Crippen LogP contribution in [0.3, 0.4) is 0 Å². The van der Waals surface area contributed by atoms with Crippen LogP contribution < -0.4 is 15.0 Å². The fraction of sp³-hybridized carbons (Fsp3) is 0.100. The van der Waals surface area contributed by atoms with Gasteiger partial charge in [-0.15, -0.1) is 11.3 Å². The topological polar surface area (TPSA) is 53.4 Å². The van der Waals surface area contributed by atoms with Gasteiger partial charge < -0.3 is 9.47 Å². The summed E-state index contributed by atoms with van der Waals surface area (Å²) in [7, 11) is 0. The molecule has 0 saturated carbocycles. The number of nitrogens with zero attached hydrogens (tertiary/aromatic N) is 2. The first-order valence-corrected chi connectivity index (χ1v) is 9.08. The Labute approximate surface area is 153 Å². The van der Waals surface area contributed by atoms with Crippen molar-refractivity contribution >= 4 is 21.6 Å². The molecule has 0 unspecified atom stereocenters. The van der Waals surface area contributed by atoms with Crippen LogP contribution in [0.25, 0.3) is 21.3 Å². The summed E-state index contributed by atoms with van der Waals surface area (Å²) in [4.78, 5) is 18.3. The fourth-order valence-corrected chi connectivity index (χ4v) is 4.05. The molecule has 0 aliphatic carbocycles. The second-order valence-corrected chi connectivity index (χ2v) is 6.92. The number of benzene rings is 2. The zero-order chi connectivity index (χ0) is 17.5. The molecule has 5 rings (SSSR count). The van der Waals surface area contributed by atoms with Crippen molar-refractivity contribution in [1.29, 1.82) is 0 Å². The molecule has 0 fully saturated rings. The van der Waals surface area contributed by atoms with Gasteiger partial charge in [-0.3, -0.25) is 9.36 Å². The number of rotatable bonds is 3. The van der Waals surface area contributed by atoms with Gasteiger partial charge in [-0.05, 0) is 23.3 Å². The summed E-state index contributed by atoms with van der Waals surface area (Å²) < 4.78 is 12.4. The number of aromatic nitrogens is 2. The summed E-state index contributed by atoms with van der Waals surface area (Å²) in [5, 5.41) is 2.67. The highest BCUT2D eigenvalue weighted by Crippen LogP contribution is 2.33. The molecule has 0 spiro atoms. The van der Waals surface area contributed by atoms with Crippen LogP contribution in [0.15, 0.2) is 65.0 Å². The van der Waals surface area contributed by atoms with Crippen molar-refractivity contribution in [3.05, 3.63) is 76.2 Å². The summed E-state index contributed by atoms with van der Waals surface area (Å²) in [6, 6.07) is 15.6. The molecule has 1 aliphatic heterocycles. The van der Waals surface area contributed by atoms with Gasteiger partial charge in [-0.2, -0.15) is 0 Å². The zero-order valence-electron chi connectivity index (χ0n) is 13.7. The van der Waals surface area contributed by atoms with Gasteiger partial charge in [-0.25, -0.2) is 4.98 Å². The lowest BCUT2D eigenvalue weighted by Crippen LogP contribution is -2.20. The lowest BCUT2D eigenvalue weighted by molar-refractivity contribution is 0.174. The van der Waals surface area contributed by atoms with Crippen LogP contribution >= 0.6 is 11.3 Å². The molecule has 2 aromatic heterocycles. The first-order chi connectivity index (χ1) is 12.8. The van der Waals surface area contributed by atoms with Crippen molar-refractivity contribution in [3.8, 4) is 22.6 Å². The highest BCUT2D eigenvalue weighted by Gasteiger charge is 2.16. The SMILES string of the molecule is O=c1c2c(-c3ccccc3)csc2ncn1Cc1ccc2c(c1)OCO2. The van der Waals surface area contributed by atoms with Crippen molar-refractivity contribution in [3.63, 3.8) is 0 Å². The Morgan fingerprint density at radius 2 is 1.92 bits per heavy atom. The highest BCUT2D eigenvalue weighted by molar-refractivity contribution is 7.17. The lowest BCUT2D eigenvalue weighted by Gasteiger charge is -2.07. The normalized spacial score (nSPS) is 12.6. The van der Waals surface area contributed by atoms with E-state index in [1.54, 1.807) is 10.9 Å². The van der Waals surface area contributed by atoms with E-state index in [-0.39, 0.29) is 12.4 Å². The van der Waals surface area contributed by atoms with Gasteiger partial charge in [-0.1, -0.05) is 36.4 Å². The van der Waals surface area contributed by atoms with Crippen LogP contribution in [0, 0.1) is 0 Å². The van der Waals surface area contributed by atoms with Gasteiger partial charge in [0.1, 0.15) is 4.83 Å². The lowest BCUT2D eigenvalue weighted by atomic mass is 10.1. The van der Waals surface area contributed by atoms with Crippen molar-refractivity contribution in [2.45, 2.75) is 6.54 Å². The van der Waals surface area contributed by atoms with E-state index < -0.39 is 0 Å². The first kappa shape index (κ1) is 15.2. The standard InChI is InChI=1S/C20H14N2O3S/c23-20-18-15(14-4-2-1-3-5-14)10-26-19(18)21-11-22(20)9-13-6-7-16-17(8-13)25-12-24-16/h1-8,10-11H,9,12H2. The second-order valence-electron chi connectivity index (χ2n) is 6.06. The minimum absolute atomic E-state index is 0.0345. The predicted molar refractivity (Wildman–Crippen MR) is 101 cm³/mol. The number of fused-ring (bicyclic) bond motifs is 2. The minimum Gasteiger partial charge on any atom is -0.454 e. The molecule has 1 aliphatic rings. The predicted octanol–water partition coefficient (Wildman–Crippen LogP) is 3.90. The van der Waals surface area contributed by atoms with E-state index in [0.717, 1.165) is 27.3 Å². The molecule has 5 nitrogen and oxygen atoms in total.